The zero-order chi connectivity index (χ0) is 20.3. The van der Waals surface area contributed by atoms with Gasteiger partial charge in [0.2, 0.25) is 11.8 Å². The van der Waals surface area contributed by atoms with Crippen LogP contribution in [0.2, 0.25) is 0 Å². The fraction of sp³-hybridized carbons (Fsp3) is 0.200. The number of carbonyl (C=O) groups is 3. The topological polar surface area (TPSA) is 88.1 Å². The molecule has 0 bridgehead atoms. The summed E-state index contributed by atoms with van der Waals surface area (Å²) >= 11 is 1.24. The zero-order valence-electron chi connectivity index (χ0n) is 15.6. The van der Waals surface area contributed by atoms with E-state index in [4.69, 9.17) is 4.74 Å². The van der Waals surface area contributed by atoms with Gasteiger partial charge in [-0.2, -0.15) is 0 Å². The van der Waals surface area contributed by atoms with Gasteiger partial charge in [0.1, 0.15) is 10.6 Å². The normalized spacial score (nSPS) is 18.4. The van der Waals surface area contributed by atoms with Gasteiger partial charge in [0.05, 0.1) is 5.56 Å². The van der Waals surface area contributed by atoms with Gasteiger partial charge in [-0.1, -0.05) is 42.1 Å². The molecule has 0 spiro atoms. The van der Waals surface area contributed by atoms with Crippen LogP contribution in [-0.4, -0.2) is 28.0 Å². The molecule has 0 aromatic heterocycles. The van der Waals surface area contributed by atoms with Crippen LogP contribution in [0.15, 0.2) is 59.7 Å². The second-order valence-corrected chi connectivity index (χ2v) is 7.67. The van der Waals surface area contributed by atoms with Crippen molar-refractivity contribution in [1.82, 2.24) is 10.3 Å². The summed E-state index contributed by atoms with van der Waals surface area (Å²) < 4.78 is 5.47. The number of nitrogens with one attached hydrogen (secondary N) is 1. The number of esters is 1. The summed E-state index contributed by atoms with van der Waals surface area (Å²) in [5.74, 6) is -0.670. The lowest BCUT2D eigenvalue weighted by Crippen LogP contribution is -2.37. The number of carbonyl (C=O) groups excluding carboxylic acids is 3. The van der Waals surface area contributed by atoms with Crippen molar-refractivity contribution in [3.8, 4) is 5.75 Å². The SMILES string of the molecule is CC(=O)NC1=NN(C(C)=O)[C@@](C)(c2cccc(OC(=O)c3ccccc3)c2)S1. The molecule has 1 atom stereocenters. The molecule has 0 saturated heterocycles. The van der Waals surface area contributed by atoms with E-state index >= 15 is 0 Å². The highest BCUT2D eigenvalue weighted by atomic mass is 32.2. The van der Waals surface area contributed by atoms with Crippen LogP contribution in [0.3, 0.4) is 0 Å². The molecule has 2 aromatic rings. The van der Waals surface area contributed by atoms with Crippen LogP contribution in [0.5, 0.6) is 5.75 Å². The minimum absolute atomic E-state index is 0.274. The third kappa shape index (κ3) is 4.07. The minimum atomic E-state index is -0.890. The third-order valence-corrected chi connectivity index (χ3v) is 5.24. The molecule has 1 heterocycles. The standard InChI is InChI=1S/C20H19N3O4S/c1-13(24)21-19-22-23(14(2)25)20(3,28-19)16-10-7-11-17(12-16)27-18(26)15-8-5-4-6-9-15/h4-12H,1-3H3,(H,21,22,24)/t20-/m1/s1. The van der Waals surface area contributed by atoms with Crippen molar-refractivity contribution in [2.24, 2.45) is 5.10 Å². The average molecular weight is 397 g/mol. The van der Waals surface area contributed by atoms with Crippen molar-refractivity contribution in [2.75, 3.05) is 0 Å². The van der Waals surface area contributed by atoms with Crippen LogP contribution >= 0.6 is 11.8 Å². The van der Waals surface area contributed by atoms with E-state index in [1.54, 1.807) is 42.5 Å². The number of benzene rings is 2. The highest BCUT2D eigenvalue weighted by molar-refractivity contribution is 8.14. The number of rotatable bonds is 3. The predicted octanol–water partition coefficient (Wildman–Crippen LogP) is 3.08. The molecule has 1 aliphatic heterocycles. The van der Waals surface area contributed by atoms with Crippen molar-refractivity contribution in [2.45, 2.75) is 25.6 Å². The zero-order valence-corrected chi connectivity index (χ0v) is 16.4. The van der Waals surface area contributed by atoms with Gasteiger partial charge in [-0.25, -0.2) is 9.80 Å². The number of amides is 2. The van der Waals surface area contributed by atoms with Crippen molar-refractivity contribution in [3.63, 3.8) is 0 Å². The van der Waals surface area contributed by atoms with Gasteiger partial charge in [-0.3, -0.25) is 9.59 Å². The van der Waals surface area contributed by atoms with Crippen LogP contribution in [0.25, 0.3) is 0 Å². The first-order chi connectivity index (χ1) is 13.3. The van der Waals surface area contributed by atoms with Gasteiger partial charge in [0, 0.05) is 13.8 Å². The van der Waals surface area contributed by atoms with E-state index in [2.05, 4.69) is 10.4 Å². The first-order valence-electron chi connectivity index (χ1n) is 8.53. The number of hydrogen-bond acceptors (Lipinski definition) is 6. The number of hydrazone groups is 1. The van der Waals surface area contributed by atoms with Gasteiger partial charge in [-0.15, -0.1) is 5.10 Å². The second kappa shape index (κ2) is 7.85. The molecule has 0 aliphatic carbocycles. The van der Waals surface area contributed by atoms with E-state index in [1.807, 2.05) is 19.1 Å². The third-order valence-electron chi connectivity index (χ3n) is 4.06. The van der Waals surface area contributed by atoms with Gasteiger partial charge >= 0.3 is 5.97 Å². The summed E-state index contributed by atoms with van der Waals surface area (Å²) in [5, 5.41) is 8.47. The molecule has 28 heavy (non-hydrogen) atoms. The summed E-state index contributed by atoms with van der Waals surface area (Å²) in [6.45, 7) is 4.59. The van der Waals surface area contributed by atoms with Gasteiger partial charge in [-0.05, 0) is 36.8 Å². The Labute approximate surface area is 166 Å². The maximum absolute atomic E-state index is 12.3. The first kappa shape index (κ1) is 19.6. The van der Waals surface area contributed by atoms with E-state index in [0.29, 0.717) is 22.0 Å². The lowest BCUT2D eigenvalue weighted by Gasteiger charge is -2.31. The Hall–Kier alpha value is -3.13. The lowest BCUT2D eigenvalue weighted by molar-refractivity contribution is -0.131. The molecular formula is C20H19N3O4S. The van der Waals surface area contributed by atoms with E-state index in [9.17, 15) is 14.4 Å². The number of amidine groups is 1. The molecule has 0 radical (unpaired) electrons. The summed E-state index contributed by atoms with van der Waals surface area (Å²) in [5.41, 5.74) is 1.14. The molecule has 0 fully saturated rings. The van der Waals surface area contributed by atoms with Gasteiger partial charge in [0.25, 0.3) is 0 Å². The highest BCUT2D eigenvalue weighted by Gasteiger charge is 2.44. The molecule has 144 valence electrons. The number of nitrogens with zero attached hydrogens (tertiary/aromatic N) is 2. The van der Waals surface area contributed by atoms with E-state index in [-0.39, 0.29) is 11.8 Å². The van der Waals surface area contributed by atoms with Crippen LogP contribution in [0.4, 0.5) is 0 Å². The molecule has 2 aromatic carbocycles. The van der Waals surface area contributed by atoms with E-state index in [0.717, 1.165) is 0 Å². The van der Waals surface area contributed by atoms with Gasteiger partial charge < -0.3 is 10.1 Å². The van der Waals surface area contributed by atoms with Crippen molar-refractivity contribution < 1.29 is 19.1 Å². The molecule has 0 unspecified atom stereocenters. The fourth-order valence-electron chi connectivity index (χ4n) is 2.78. The summed E-state index contributed by atoms with van der Waals surface area (Å²) in [4.78, 5) is 34.9. The Morgan fingerprint density at radius 1 is 1.07 bits per heavy atom. The Bertz CT molecular complexity index is 961. The van der Waals surface area contributed by atoms with E-state index in [1.165, 1.54) is 30.6 Å². The summed E-state index contributed by atoms with van der Waals surface area (Å²) in [6.07, 6.45) is 0. The summed E-state index contributed by atoms with van der Waals surface area (Å²) in [6, 6.07) is 15.6. The van der Waals surface area contributed by atoms with Gasteiger partial charge in [0.15, 0.2) is 5.17 Å². The molecule has 2 amide bonds. The Balaban J connectivity index is 1.87. The number of ether oxygens (including phenoxy) is 1. The minimum Gasteiger partial charge on any atom is -0.423 e. The molecule has 7 nitrogen and oxygen atoms in total. The Morgan fingerprint density at radius 3 is 2.43 bits per heavy atom. The van der Waals surface area contributed by atoms with Crippen LogP contribution in [0, 0.1) is 0 Å². The second-order valence-electron chi connectivity index (χ2n) is 6.29. The molecule has 3 rings (SSSR count). The van der Waals surface area contributed by atoms with Crippen molar-refractivity contribution >= 4 is 34.7 Å². The Kier molecular flexibility index (Phi) is 5.51. The lowest BCUT2D eigenvalue weighted by atomic mass is 10.1. The maximum Gasteiger partial charge on any atom is 0.343 e. The monoisotopic (exact) mass is 397 g/mol. The smallest absolute Gasteiger partial charge is 0.343 e. The van der Waals surface area contributed by atoms with Crippen LogP contribution < -0.4 is 10.1 Å². The predicted molar refractivity (Wildman–Crippen MR) is 107 cm³/mol. The molecule has 0 saturated carbocycles. The number of hydrogen-bond donors (Lipinski definition) is 1. The quantitative estimate of drug-likeness (QED) is 0.635. The Morgan fingerprint density at radius 2 is 1.79 bits per heavy atom. The fourth-order valence-corrected chi connectivity index (χ4v) is 3.97. The summed E-state index contributed by atoms with van der Waals surface area (Å²) in [7, 11) is 0. The van der Waals surface area contributed by atoms with E-state index < -0.39 is 10.8 Å². The highest BCUT2D eigenvalue weighted by Crippen LogP contribution is 2.45. The van der Waals surface area contributed by atoms with Crippen LogP contribution in [0.1, 0.15) is 36.7 Å². The number of thioether (sulfide) groups is 1. The largest absolute Gasteiger partial charge is 0.423 e. The molecular weight excluding hydrogens is 378 g/mol. The molecule has 8 heteroatoms. The average Bonchev–Trinajstić information content (AvgIpc) is 2.99. The first-order valence-corrected chi connectivity index (χ1v) is 9.35. The van der Waals surface area contributed by atoms with Crippen molar-refractivity contribution in [3.05, 3.63) is 65.7 Å². The molecule has 1 N–H and O–H groups in total. The van der Waals surface area contributed by atoms with Crippen molar-refractivity contribution in [1.29, 1.82) is 0 Å². The maximum atomic E-state index is 12.3. The molecule has 1 aliphatic rings. The van der Waals surface area contributed by atoms with Crippen LogP contribution in [-0.2, 0) is 14.5 Å².